The van der Waals surface area contributed by atoms with E-state index >= 15 is 0 Å². The molecule has 0 saturated heterocycles. The number of nitrogens with zero attached hydrogens (tertiary/aromatic N) is 2. The average Bonchev–Trinajstić information content (AvgIpc) is 2.75. The Hall–Kier alpha value is -1.36. The Morgan fingerprint density at radius 1 is 1.63 bits per heavy atom. The van der Waals surface area contributed by atoms with Gasteiger partial charge < -0.3 is 14.4 Å². The Bertz CT molecular complexity index is 489. The molecule has 5 nitrogen and oxygen atoms in total. The molecule has 2 rings (SSSR count). The molecular formula is C14H22N2O3. The van der Waals surface area contributed by atoms with Crippen LogP contribution in [0.4, 0.5) is 0 Å². The highest BCUT2D eigenvalue weighted by molar-refractivity contribution is 5.70. The number of imidazole rings is 1. The largest absolute Gasteiger partial charge is 0.481 e. The first-order chi connectivity index (χ1) is 8.92. The lowest BCUT2D eigenvalue weighted by molar-refractivity contribution is -0.142. The molecule has 2 atom stereocenters. The molecule has 0 bridgehead atoms. The minimum atomic E-state index is -0.720. The topological polar surface area (TPSA) is 64.4 Å². The molecule has 1 heterocycles. The summed E-state index contributed by atoms with van der Waals surface area (Å²) in [6.07, 6.45) is 2.83. The van der Waals surface area contributed by atoms with E-state index in [2.05, 4.69) is 16.5 Å². The van der Waals surface area contributed by atoms with Crippen molar-refractivity contribution in [3.8, 4) is 0 Å². The molecule has 5 heteroatoms. The molecule has 19 heavy (non-hydrogen) atoms. The van der Waals surface area contributed by atoms with Gasteiger partial charge in [-0.15, -0.1) is 0 Å². The van der Waals surface area contributed by atoms with Crippen LogP contribution in [0.2, 0.25) is 0 Å². The van der Waals surface area contributed by atoms with E-state index < -0.39 is 11.6 Å². The Morgan fingerprint density at radius 2 is 2.32 bits per heavy atom. The maximum Gasteiger partial charge on any atom is 0.306 e. The quantitative estimate of drug-likeness (QED) is 0.903. The van der Waals surface area contributed by atoms with Crippen LogP contribution in [-0.2, 0) is 35.0 Å². The molecule has 0 aromatic carbocycles. The van der Waals surface area contributed by atoms with Crippen molar-refractivity contribution in [2.24, 2.45) is 13.0 Å². The molecule has 0 saturated carbocycles. The first-order valence-electron chi connectivity index (χ1n) is 6.75. The number of methoxy groups -OCH3 is 1. The average molecular weight is 266 g/mol. The Morgan fingerprint density at radius 3 is 2.84 bits per heavy atom. The van der Waals surface area contributed by atoms with Crippen LogP contribution in [0.3, 0.4) is 0 Å². The summed E-state index contributed by atoms with van der Waals surface area (Å²) in [5.41, 5.74) is 1.67. The van der Waals surface area contributed by atoms with Crippen LogP contribution in [0.15, 0.2) is 0 Å². The van der Waals surface area contributed by atoms with Crippen LogP contribution in [0.5, 0.6) is 0 Å². The molecule has 0 amide bonds. The van der Waals surface area contributed by atoms with Crippen molar-refractivity contribution in [1.82, 2.24) is 9.55 Å². The third-order valence-electron chi connectivity index (χ3n) is 4.41. The standard InChI is InChI=1S/C14H22N2O3/c1-5-14(2,19-4)13-15-10-8-9(12(17)18)6-7-11(10)16(13)3/h9H,5-8H2,1-4H3,(H,17,18). The van der Waals surface area contributed by atoms with Gasteiger partial charge in [0.15, 0.2) is 0 Å². The number of rotatable bonds is 4. The zero-order chi connectivity index (χ0) is 14.2. The Balaban J connectivity index is 2.39. The van der Waals surface area contributed by atoms with Gasteiger partial charge >= 0.3 is 5.97 Å². The second kappa shape index (κ2) is 4.96. The number of hydrogen-bond donors (Lipinski definition) is 1. The van der Waals surface area contributed by atoms with Gasteiger partial charge in [-0.05, 0) is 26.2 Å². The van der Waals surface area contributed by atoms with Crippen LogP contribution in [0.1, 0.15) is 43.9 Å². The van der Waals surface area contributed by atoms with Crippen molar-refractivity contribution in [1.29, 1.82) is 0 Å². The SMILES string of the molecule is CCC(C)(OC)c1nc2c(n1C)CCC(C(=O)O)C2. The van der Waals surface area contributed by atoms with Crippen LogP contribution in [0.25, 0.3) is 0 Å². The van der Waals surface area contributed by atoms with E-state index in [-0.39, 0.29) is 5.92 Å². The third-order valence-corrected chi connectivity index (χ3v) is 4.41. The van der Waals surface area contributed by atoms with Crippen molar-refractivity contribution >= 4 is 5.97 Å². The molecule has 1 aromatic rings. The number of carboxylic acids is 1. The second-order valence-electron chi connectivity index (χ2n) is 5.45. The summed E-state index contributed by atoms with van der Waals surface area (Å²) in [6.45, 7) is 4.09. The number of fused-ring (bicyclic) bond motifs is 1. The summed E-state index contributed by atoms with van der Waals surface area (Å²) in [4.78, 5) is 15.8. The predicted molar refractivity (Wildman–Crippen MR) is 71.0 cm³/mol. The maximum atomic E-state index is 11.1. The van der Waals surface area contributed by atoms with E-state index in [9.17, 15) is 4.79 Å². The molecule has 1 aromatic heterocycles. The monoisotopic (exact) mass is 266 g/mol. The number of aliphatic carboxylic acids is 1. The molecule has 0 aliphatic heterocycles. The summed E-state index contributed by atoms with van der Waals surface area (Å²) >= 11 is 0. The summed E-state index contributed by atoms with van der Waals surface area (Å²) < 4.78 is 7.69. The van der Waals surface area contributed by atoms with Gasteiger partial charge in [0.1, 0.15) is 11.4 Å². The zero-order valence-corrected chi connectivity index (χ0v) is 12.1. The molecular weight excluding hydrogens is 244 g/mol. The first kappa shape index (κ1) is 14.1. The third kappa shape index (κ3) is 2.27. The van der Waals surface area contributed by atoms with Gasteiger partial charge in [-0.3, -0.25) is 4.79 Å². The summed E-state index contributed by atoms with van der Waals surface area (Å²) in [6, 6.07) is 0. The lowest BCUT2D eigenvalue weighted by Gasteiger charge is -2.26. The Labute approximate surface area is 113 Å². The summed E-state index contributed by atoms with van der Waals surface area (Å²) in [7, 11) is 3.69. The number of carboxylic acid groups (broad SMARTS) is 1. The second-order valence-corrected chi connectivity index (χ2v) is 5.45. The van der Waals surface area contributed by atoms with Crippen molar-refractivity contribution < 1.29 is 14.6 Å². The number of hydrogen-bond acceptors (Lipinski definition) is 3. The molecule has 106 valence electrons. The molecule has 0 spiro atoms. The molecule has 0 fully saturated rings. The van der Waals surface area contributed by atoms with E-state index in [4.69, 9.17) is 9.84 Å². The van der Waals surface area contributed by atoms with Gasteiger partial charge in [0.25, 0.3) is 0 Å². The fraction of sp³-hybridized carbons (Fsp3) is 0.714. The molecule has 1 aliphatic carbocycles. The normalized spacial score (nSPS) is 21.8. The van der Waals surface area contributed by atoms with E-state index in [1.54, 1.807) is 7.11 Å². The maximum absolute atomic E-state index is 11.1. The Kier molecular flexibility index (Phi) is 3.67. The highest BCUT2D eigenvalue weighted by atomic mass is 16.5. The van der Waals surface area contributed by atoms with Crippen molar-refractivity contribution in [2.75, 3.05) is 7.11 Å². The molecule has 1 N–H and O–H groups in total. The van der Waals surface area contributed by atoms with E-state index in [0.29, 0.717) is 12.8 Å². The van der Waals surface area contributed by atoms with Gasteiger partial charge in [-0.2, -0.15) is 0 Å². The van der Waals surface area contributed by atoms with Crippen LogP contribution in [0, 0.1) is 5.92 Å². The van der Waals surface area contributed by atoms with Crippen LogP contribution in [-0.4, -0.2) is 27.7 Å². The highest BCUT2D eigenvalue weighted by Crippen LogP contribution is 2.32. The number of ether oxygens (including phenoxy) is 1. The lowest BCUT2D eigenvalue weighted by atomic mass is 9.90. The predicted octanol–water partition coefficient (Wildman–Crippen LogP) is 1.88. The number of aromatic nitrogens is 2. The molecule has 1 aliphatic rings. The fourth-order valence-electron chi connectivity index (χ4n) is 2.79. The van der Waals surface area contributed by atoms with Crippen LogP contribution < -0.4 is 0 Å². The molecule has 0 radical (unpaired) electrons. The zero-order valence-electron chi connectivity index (χ0n) is 12.1. The smallest absolute Gasteiger partial charge is 0.306 e. The minimum Gasteiger partial charge on any atom is -0.481 e. The van der Waals surface area contributed by atoms with E-state index in [1.165, 1.54) is 0 Å². The van der Waals surface area contributed by atoms with Crippen LogP contribution >= 0.6 is 0 Å². The van der Waals surface area contributed by atoms with Gasteiger partial charge in [-0.25, -0.2) is 4.98 Å². The van der Waals surface area contributed by atoms with Crippen molar-refractivity contribution in [3.05, 3.63) is 17.2 Å². The summed E-state index contributed by atoms with van der Waals surface area (Å²) in [5.74, 6) is -0.123. The van der Waals surface area contributed by atoms with Gasteiger partial charge in [0.05, 0.1) is 11.6 Å². The van der Waals surface area contributed by atoms with E-state index in [1.807, 2.05) is 14.0 Å². The fourth-order valence-corrected chi connectivity index (χ4v) is 2.79. The van der Waals surface area contributed by atoms with Gasteiger partial charge in [0, 0.05) is 26.3 Å². The molecule has 2 unspecified atom stereocenters. The minimum absolute atomic E-state index is 0.300. The summed E-state index contributed by atoms with van der Waals surface area (Å²) in [5, 5.41) is 9.13. The number of carbonyl (C=O) groups is 1. The lowest BCUT2D eigenvalue weighted by Crippen LogP contribution is -2.27. The first-order valence-corrected chi connectivity index (χ1v) is 6.75. The highest BCUT2D eigenvalue weighted by Gasteiger charge is 2.34. The van der Waals surface area contributed by atoms with Gasteiger partial charge in [-0.1, -0.05) is 6.92 Å². The van der Waals surface area contributed by atoms with E-state index in [0.717, 1.165) is 30.1 Å². The van der Waals surface area contributed by atoms with Crippen molar-refractivity contribution in [3.63, 3.8) is 0 Å². The van der Waals surface area contributed by atoms with Gasteiger partial charge in [0.2, 0.25) is 0 Å². The van der Waals surface area contributed by atoms with Crippen molar-refractivity contribution in [2.45, 2.75) is 45.1 Å².